The molecule has 0 bridgehead atoms. The highest BCUT2D eigenvalue weighted by Crippen LogP contribution is 2.25. The maximum atomic E-state index is 12.8. The number of hydrogen-bond donors (Lipinski definition) is 3. The van der Waals surface area contributed by atoms with Crippen molar-refractivity contribution in [3.8, 4) is 0 Å². The summed E-state index contributed by atoms with van der Waals surface area (Å²) in [4.78, 5) is 42.0. The van der Waals surface area contributed by atoms with E-state index in [1.165, 1.54) is 0 Å². The van der Waals surface area contributed by atoms with Crippen molar-refractivity contribution in [3.05, 3.63) is 59.2 Å². The normalized spacial score (nSPS) is 20.4. The Morgan fingerprint density at radius 2 is 1.87 bits per heavy atom. The van der Waals surface area contributed by atoms with Gasteiger partial charge >= 0.3 is 6.03 Å². The van der Waals surface area contributed by atoms with E-state index in [9.17, 15) is 18.6 Å². The second-order valence-electron chi connectivity index (χ2n) is 9.93. The van der Waals surface area contributed by atoms with Gasteiger partial charge in [0.15, 0.2) is 11.2 Å². The molecule has 2 aromatic rings. The molecule has 0 aromatic heterocycles. The van der Waals surface area contributed by atoms with Crippen molar-refractivity contribution >= 4 is 40.4 Å². The number of nitrogens with zero attached hydrogens (tertiary/aromatic N) is 3. The molecule has 2 aromatic carbocycles. The van der Waals surface area contributed by atoms with E-state index in [-0.39, 0.29) is 30.4 Å². The molecule has 4 amide bonds. The van der Waals surface area contributed by atoms with Crippen LogP contribution in [-0.4, -0.2) is 77.2 Å². The van der Waals surface area contributed by atoms with E-state index in [2.05, 4.69) is 15.4 Å². The second-order valence-corrected chi connectivity index (χ2v) is 11.2. The topological polar surface area (TPSA) is 114 Å². The first-order chi connectivity index (χ1) is 18.4. The van der Waals surface area contributed by atoms with Crippen LogP contribution in [0.4, 0.5) is 16.2 Å². The lowest BCUT2D eigenvalue weighted by Gasteiger charge is -2.38. The molecule has 3 heterocycles. The van der Waals surface area contributed by atoms with Crippen LogP contribution in [0.15, 0.2) is 42.5 Å². The summed E-state index contributed by atoms with van der Waals surface area (Å²) in [5, 5.41) is 5.76. The summed E-state index contributed by atoms with van der Waals surface area (Å²) in [6, 6.07) is 13.1. The van der Waals surface area contributed by atoms with Gasteiger partial charge in [-0.1, -0.05) is 18.2 Å². The Morgan fingerprint density at radius 1 is 1.08 bits per heavy atom. The summed E-state index contributed by atoms with van der Waals surface area (Å²) in [5.74, 6) is -0.450. The van der Waals surface area contributed by atoms with Gasteiger partial charge in [-0.25, -0.2) is 13.7 Å². The molecular formula is C27H34N6O4S. The molecule has 3 N–H and O–H groups in total. The number of para-hydroxylation sites is 1. The summed E-state index contributed by atoms with van der Waals surface area (Å²) >= 11 is -1.28. The van der Waals surface area contributed by atoms with E-state index >= 15 is 0 Å². The van der Waals surface area contributed by atoms with Crippen LogP contribution in [0.5, 0.6) is 0 Å². The highest BCUT2D eigenvalue weighted by atomic mass is 32.2. The Kier molecular flexibility index (Phi) is 7.94. The third-order valence-corrected chi connectivity index (χ3v) is 8.72. The molecule has 0 saturated carbocycles. The molecule has 5 rings (SSSR count). The lowest BCUT2D eigenvalue weighted by Crippen LogP contribution is -2.51. The van der Waals surface area contributed by atoms with E-state index in [1.54, 1.807) is 27.4 Å². The summed E-state index contributed by atoms with van der Waals surface area (Å²) in [6.45, 7) is 4.96. The van der Waals surface area contributed by atoms with Gasteiger partial charge in [0.1, 0.15) is 0 Å². The zero-order chi connectivity index (χ0) is 26.6. The van der Waals surface area contributed by atoms with Crippen LogP contribution in [0.25, 0.3) is 0 Å². The molecule has 2 saturated heterocycles. The van der Waals surface area contributed by atoms with Gasteiger partial charge in [0, 0.05) is 50.0 Å². The lowest BCUT2D eigenvalue weighted by molar-refractivity contribution is -0.131. The van der Waals surface area contributed by atoms with E-state index < -0.39 is 11.2 Å². The number of rotatable bonds is 5. The summed E-state index contributed by atoms with van der Waals surface area (Å²) in [5.41, 5.74) is 4.14. The molecule has 0 aliphatic carbocycles. The van der Waals surface area contributed by atoms with Gasteiger partial charge in [0.25, 0.3) is 5.91 Å². The zero-order valence-corrected chi connectivity index (χ0v) is 22.4. The minimum Gasteiger partial charge on any atom is -0.343 e. The molecule has 38 heavy (non-hydrogen) atoms. The number of aryl methyl sites for hydroxylation is 1. The Morgan fingerprint density at radius 3 is 2.63 bits per heavy atom. The average molecular weight is 539 g/mol. The van der Waals surface area contributed by atoms with Crippen LogP contribution in [0.1, 0.15) is 40.7 Å². The molecule has 3 aliphatic heterocycles. The van der Waals surface area contributed by atoms with Crippen LogP contribution in [0.2, 0.25) is 0 Å². The van der Waals surface area contributed by atoms with Gasteiger partial charge in [-0.2, -0.15) is 0 Å². The first-order valence-electron chi connectivity index (χ1n) is 13.2. The van der Waals surface area contributed by atoms with Crippen molar-refractivity contribution in [3.63, 3.8) is 0 Å². The van der Waals surface area contributed by atoms with E-state index in [0.29, 0.717) is 44.6 Å². The number of benzene rings is 2. The Hall–Kier alpha value is -3.44. The number of fused-ring (bicyclic) bond motifs is 1. The molecule has 11 heteroatoms. The van der Waals surface area contributed by atoms with Gasteiger partial charge < -0.3 is 20.4 Å². The fourth-order valence-electron chi connectivity index (χ4n) is 5.36. The predicted octanol–water partition coefficient (Wildman–Crippen LogP) is 2.18. The molecule has 3 aliphatic rings. The number of urea groups is 1. The summed E-state index contributed by atoms with van der Waals surface area (Å²) in [6.07, 6.45) is 3.10. The number of nitrogens with one attached hydrogen (secondary N) is 3. The van der Waals surface area contributed by atoms with Crippen LogP contribution in [-0.2, 0) is 22.4 Å². The maximum absolute atomic E-state index is 12.8. The van der Waals surface area contributed by atoms with Gasteiger partial charge in [0.05, 0.1) is 12.2 Å². The molecule has 2 fully saturated rings. The monoisotopic (exact) mass is 538 g/mol. The average Bonchev–Trinajstić information content (AvgIpc) is 3.10. The first-order valence-corrected chi connectivity index (χ1v) is 14.3. The quantitative estimate of drug-likeness (QED) is 0.542. The van der Waals surface area contributed by atoms with Gasteiger partial charge in [-0.15, -0.1) is 0 Å². The third-order valence-electron chi connectivity index (χ3n) is 7.49. The van der Waals surface area contributed by atoms with Crippen LogP contribution < -0.4 is 19.7 Å². The molecule has 1 atom stereocenters. The minimum absolute atomic E-state index is 0.0777. The standard InChI is InChI=1S/C27H34N6O4S/c1-19-17-21(7-8-24(19)33-13-4-12-29-38(33)37)26(35)28-18-25(34)31-14-10-22(11-15-31)32-16-9-20-5-2-3-6-23(20)30-27(32)36/h2-3,5-8,17,22,29H,4,9-16,18H2,1H3,(H,28,35)(H,30,36). The number of hydrogen-bond acceptors (Lipinski definition) is 4. The third kappa shape index (κ3) is 5.68. The maximum Gasteiger partial charge on any atom is 0.322 e. The van der Waals surface area contributed by atoms with Crippen LogP contribution in [0.3, 0.4) is 0 Å². The second kappa shape index (κ2) is 11.5. The molecule has 1 unspecified atom stereocenters. The van der Waals surface area contributed by atoms with Crippen LogP contribution in [0, 0.1) is 6.92 Å². The van der Waals surface area contributed by atoms with E-state index in [4.69, 9.17) is 0 Å². The van der Waals surface area contributed by atoms with Crippen molar-refractivity contribution in [1.82, 2.24) is 19.8 Å². The van der Waals surface area contributed by atoms with Gasteiger partial charge in [0.2, 0.25) is 5.91 Å². The minimum atomic E-state index is -1.28. The lowest BCUT2D eigenvalue weighted by atomic mass is 10.0. The molecule has 202 valence electrons. The molecule has 10 nitrogen and oxygen atoms in total. The zero-order valence-electron chi connectivity index (χ0n) is 21.6. The van der Waals surface area contributed by atoms with Gasteiger partial charge in [-0.3, -0.25) is 13.9 Å². The number of likely N-dealkylation sites (tertiary alicyclic amines) is 1. The van der Waals surface area contributed by atoms with Crippen molar-refractivity contribution < 1.29 is 18.6 Å². The number of anilines is 2. The highest BCUT2D eigenvalue weighted by Gasteiger charge is 2.31. The Bertz CT molecular complexity index is 1250. The van der Waals surface area contributed by atoms with Crippen molar-refractivity contribution in [2.24, 2.45) is 0 Å². The number of amides is 4. The Balaban J connectivity index is 1.10. The van der Waals surface area contributed by atoms with Crippen LogP contribution >= 0.6 is 0 Å². The fourth-order valence-corrected chi connectivity index (χ4v) is 6.52. The van der Waals surface area contributed by atoms with E-state index in [0.717, 1.165) is 41.9 Å². The fraction of sp³-hybridized carbons (Fsp3) is 0.444. The predicted molar refractivity (Wildman–Crippen MR) is 147 cm³/mol. The smallest absolute Gasteiger partial charge is 0.322 e. The highest BCUT2D eigenvalue weighted by molar-refractivity contribution is 7.84. The van der Waals surface area contributed by atoms with E-state index in [1.807, 2.05) is 36.1 Å². The molecular weight excluding hydrogens is 504 g/mol. The van der Waals surface area contributed by atoms with Crippen molar-refractivity contribution in [2.45, 2.75) is 38.6 Å². The summed E-state index contributed by atoms with van der Waals surface area (Å²) < 4.78 is 17.0. The SMILES string of the molecule is Cc1cc(C(=O)NCC(=O)N2CCC(N3CCc4ccccc4NC3=O)CC2)ccc1N1CCCNS1=O. The molecule has 0 radical (unpaired) electrons. The number of carbonyl (C=O) groups is 3. The molecule has 0 spiro atoms. The van der Waals surface area contributed by atoms with Crippen molar-refractivity contribution in [1.29, 1.82) is 0 Å². The Labute approximate surface area is 225 Å². The largest absolute Gasteiger partial charge is 0.343 e. The summed E-state index contributed by atoms with van der Waals surface area (Å²) in [7, 11) is 0. The van der Waals surface area contributed by atoms with Gasteiger partial charge in [-0.05, 0) is 68.0 Å². The number of piperidine rings is 1. The number of carbonyl (C=O) groups excluding carboxylic acids is 3. The van der Waals surface area contributed by atoms with Crippen molar-refractivity contribution in [2.75, 3.05) is 48.9 Å². The first kappa shape index (κ1) is 26.2.